The number of ether oxygens (including phenoxy) is 1. The number of likely N-dealkylation sites (tertiary alicyclic amines) is 1. The zero-order valence-electron chi connectivity index (χ0n) is 17.6. The van der Waals surface area contributed by atoms with Gasteiger partial charge in [0.2, 0.25) is 10.0 Å². The summed E-state index contributed by atoms with van der Waals surface area (Å²) in [6.45, 7) is 8.19. The van der Waals surface area contributed by atoms with Crippen molar-refractivity contribution in [1.82, 2.24) is 9.21 Å². The maximum atomic E-state index is 13.3. The number of sulfonamides is 1. The maximum Gasteiger partial charge on any atom is 0.410 e. The second-order valence-electron chi connectivity index (χ2n) is 8.87. The third-order valence-corrected chi connectivity index (χ3v) is 8.90. The largest absolute Gasteiger partial charge is 0.444 e. The monoisotopic (exact) mass is 442 g/mol. The summed E-state index contributed by atoms with van der Waals surface area (Å²) in [5.74, 6) is -0.178. The van der Waals surface area contributed by atoms with Gasteiger partial charge in [-0.15, -0.1) is 0 Å². The first kappa shape index (κ1) is 22.2. The molecule has 0 saturated carbocycles. The third kappa shape index (κ3) is 4.67. The number of fused-ring (bicyclic) bond motifs is 1. The summed E-state index contributed by atoms with van der Waals surface area (Å²) in [7, 11) is -4.81. The molecule has 0 aliphatic carbocycles. The Balaban J connectivity index is 1.90. The molecule has 2 aliphatic heterocycles. The first-order valence-corrected chi connectivity index (χ1v) is 12.8. The molecule has 4 atom stereocenters. The molecule has 0 aromatic heterocycles. The van der Waals surface area contributed by atoms with E-state index in [9.17, 15) is 17.4 Å². The molecule has 0 N–H and O–H groups in total. The molecular weight excluding hydrogens is 412 g/mol. The van der Waals surface area contributed by atoms with E-state index in [0.717, 1.165) is 5.56 Å². The minimum atomic E-state index is -3.71. The zero-order chi connectivity index (χ0) is 21.6. The van der Waals surface area contributed by atoms with E-state index in [1.807, 2.05) is 6.92 Å². The average molecular weight is 443 g/mol. The third-order valence-electron chi connectivity index (χ3n) is 5.52. The molecule has 0 bridgehead atoms. The van der Waals surface area contributed by atoms with Crippen LogP contribution >= 0.6 is 0 Å². The van der Waals surface area contributed by atoms with Gasteiger partial charge in [0.25, 0.3) is 0 Å². The van der Waals surface area contributed by atoms with Crippen LogP contribution in [0.2, 0.25) is 0 Å². The first-order chi connectivity index (χ1) is 13.4. The lowest BCUT2D eigenvalue weighted by Gasteiger charge is -2.39. The highest BCUT2D eigenvalue weighted by atomic mass is 32.2. The molecule has 162 valence electrons. The number of carbonyl (C=O) groups excluding carboxylic acids is 1. The summed E-state index contributed by atoms with van der Waals surface area (Å²) in [6.07, 6.45) is 1.71. The molecule has 1 aromatic carbocycles. The molecule has 2 saturated heterocycles. The molecule has 2 fully saturated rings. The van der Waals surface area contributed by atoms with Crippen molar-refractivity contribution in [3.8, 4) is 0 Å². The quantitative estimate of drug-likeness (QED) is 0.718. The summed E-state index contributed by atoms with van der Waals surface area (Å²) in [5.41, 5.74) is 0.352. The highest BCUT2D eigenvalue weighted by Crippen LogP contribution is 2.37. The van der Waals surface area contributed by atoms with Crippen molar-refractivity contribution in [2.45, 2.75) is 55.9 Å². The van der Waals surface area contributed by atoms with Crippen LogP contribution in [0, 0.1) is 12.8 Å². The normalized spacial score (nSPS) is 26.8. The lowest BCUT2D eigenvalue weighted by atomic mass is 9.93. The summed E-state index contributed by atoms with van der Waals surface area (Å²) < 4.78 is 46.0. The second-order valence-corrected chi connectivity index (χ2v) is 12.4. The average Bonchev–Trinajstić information content (AvgIpc) is 3.04. The van der Waals surface area contributed by atoms with Crippen LogP contribution in [-0.2, 0) is 25.6 Å². The van der Waals surface area contributed by atoms with Crippen LogP contribution < -0.4 is 0 Å². The van der Waals surface area contributed by atoms with Gasteiger partial charge >= 0.3 is 6.09 Å². The fraction of sp³-hybridized carbons (Fsp3) is 0.650. The molecule has 3 rings (SSSR count). The molecule has 0 radical (unpaired) electrons. The minimum absolute atomic E-state index is 0.142. The van der Waals surface area contributed by atoms with Gasteiger partial charge < -0.3 is 9.64 Å². The Hall–Kier alpha value is -1.45. The van der Waals surface area contributed by atoms with E-state index in [-0.39, 0.29) is 22.6 Å². The van der Waals surface area contributed by atoms with Crippen LogP contribution in [0.15, 0.2) is 29.2 Å². The predicted molar refractivity (Wildman–Crippen MR) is 113 cm³/mol. The molecule has 1 aromatic rings. The fourth-order valence-electron chi connectivity index (χ4n) is 4.15. The highest BCUT2D eigenvalue weighted by molar-refractivity contribution is 7.89. The van der Waals surface area contributed by atoms with Gasteiger partial charge in [-0.25, -0.2) is 13.2 Å². The van der Waals surface area contributed by atoms with E-state index >= 15 is 0 Å². The smallest absolute Gasteiger partial charge is 0.410 e. The summed E-state index contributed by atoms with van der Waals surface area (Å²) in [4.78, 5) is 14.4. The first-order valence-electron chi connectivity index (χ1n) is 9.79. The second kappa shape index (κ2) is 8.00. The van der Waals surface area contributed by atoms with E-state index in [4.69, 9.17) is 4.74 Å². The van der Waals surface area contributed by atoms with Crippen LogP contribution in [0.3, 0.4) is 0 Å². The number of piperidine rings is 1. The zero-order valence-corrected chi connectivity index (χ0v) is 19.3. The molecule has 29 heavy (non-hydrogen) atoms. The molecule has 9 heteroatoms. The Bertz CT molecular complexity index is 892. The van der Waals surface area contributed by atoms with E-state index in [2.05, 4.69) is 0 Å². The van der Waals surface area contributed by atoms with Crippen LogP contribution in [0.25, 0.3) is 0 Å². The van der Waals surface area contributed by atoms with Gasteiger partial charge in [-0.1, -0.05) is 17.7 Å². The Morgan fingerprint density at radius 1 is 1.17 bits per heavy atom. The Labute approximate surface area is 175 Å². The molecule has 1 amide bonds. The van der Waals surface area contributed by atoms with Crippen LogP contribution in [0.4, 0.5) is 4.79 Å². The lowest BCUT2D eigenvalue weighted by molar-refractivity contribution is 0.0284. The van der Waals surface area contributed by atoms with Crippen LogP contribution in [0.5, 0.6) is 0 Å². The Morgan fingerprint density at radius 3 is 2.34 bits per heavy atom. The maximum absolute atomic E-state index is 13.3. The number of aryl methyl sites for hydroxylation is 1. The Kier molecular flexibility index (Phi) is 6.13. The molecular formula is C20H30N2O5S2. The van der Waals surface area contributed by atoms with Gasteiger partial charge in [0.1, 0.15) is 5.60 Å². The number of benzene rings is 1. The van der Waals surface area contributed by atoms with Gasteiger partial charge in [-0.3, -0.25) is 4.21 Å². The van der Waals surface area contributed by atoms with Crippen molar-refractivity contribution in [1.29, 1.82) is 0 Å². The van der Waals surface area contributed by atoms with Crippen molar-refractivity contribution in [3.63, 3.8) is 0 Å². The summed E-state index contributed by atoms with van der Waals surface area (Å²) in [5, 5.41) is -0.142. The Morgan fingerprint density at radius 2 is 1.79 bits per heavy atom. The molecule has 7 nitrogen and oxygen atoms in total. The van der Waals surface area contributed by atoms with Crippen molar-refractivity contribution in [2.75, 3.05) is 25.9 Å². The topological polar surface area (TPSA) is 84.0 Å². The predicted octanol–water partition coefficient (Wildman–Crippen LogP) is 2.37. The van der Waals surface area contributed by atoms with E-state index in [1.165, 1.54) is 4.31 Å². The van der Waals surface area contributed by atoms with Crippen LogP contribution in [0.1, 0.15) is 32.8 Å². The number of rotatable bonds is 3. The van der Waals surface area contributed by atoms with Crippen molar-refractivity contribution in [3.05, 3.63) is 29.8 Å². The number of hydrogen-bond acceptors (Lipinski definition) is 5. The van der Waals surface area contributed by atoms with E-state index in [0.29, 0.717) is 19.5 Å². The van der Waals surface area contributed by atoms with Crippen molar-refractivity contribution >= 4 is 26.9 Å². The molecule has 0 spiro atoms. The van der Waals surface area contributed by atoms with Gasteiger partial charge in [-0.2, -0.15) is 4.31 Å². The lowest BCUT2D eigenvalue weighted by Crippen LogP contribution is -2.53. The summed E-state index contributed by atoms with van der Waals surface area (Å²) in [6, 6.07) is 6.38. The van der Waals surface area contributed by atoms with Gasteiger partial charge in [-0.05, 0) is 46.2 Å². The van der Waals surface area contributed by atoms with Crippen LogP contribution in [-0.4, -0.2) is 70.7 Å². The number of hydrogen-bond donors (Lipinski definition) is 0. The van der Waals surface area contributed by atoms with Crippen molar-refractivity contribution < 1.29 is 22.2 Å². The molecule has 2 aliphatic rings. The van der Waals surface area contributed by atoms with Gasteiger partial charge in [0.05, 0.1) is 4.90 Å². The van der Waals surface area contributed by atoms with E-state index in [1.54, 1.807) is 56.2 Å². The summed E-state index contributed by atoms with van der Waals surface area (Å²) >= 11 is 0. The molecule has 2 unspecified atom stereocenters. The number of nitrogens with zero attached hydrogens (tertiary/aromatic N) is 2. The highest BCUT2D eigenvalue weighted by Gasteiger charge is 2.51. The number of carbonyl (C=O) groups is 1. The van der Waals surface area contributed by atoms with Crippen molar-refractivity contribution in [2.24, 2.45) is 5.92 Å². The minimum Gasteiger partial charge on any atom is -0.444 e. The number of amides is 1. The molecule has 2 heterocycles. The standard InChI is InChI=1S/C20H30N2O5S2/c1-14-6-8-15(9-7-14)29(25,26)22-11-10-18(28(5)24)16-12-21(13-17(16)22)19(23)27-20(2,3)4/h6-9,16-18H,10-13H2,1-5H3/t16-,17+,18?,28?/m1/s1. The van der Waals surface area contributed by atoms with E-state index < -0.39 is 38.6 Å². The fourth-order valence-corrected chi connectivity index (χ4v) is 7.02. The SMILES string of the molecule is Cc1ccc(S(=O)(=O)N2CCC(S(C)=O)[C@@H]3CN(C(=O)OC(C)(C)C)C[C@@H]32)cc1. The van der Waals surface area contributed by atoms with Gasteiger partial charge in [0, 0.05) is 53.9 Å². The van der Waals surface area contributed by atoms with Gasteiger partial charge in [0.15, 0.2) is 0 Å².